The molecule has 0 saturated carbocycles. The molecule has 0 N–H and O–H groups in total. The van der Waals surface area contributed by atoms with Crippen LogP contribution >= 0.6 is 21.8 Å². The Morgan fingerprint density at radius 2 is 1.91 bits per heavy atom. The SMILES string of the molecule is CCC(C)N(C)N(C)SSC. The lowest BCUT2D eigenvalue weighted by Crippen LogP contribution is -2.37. The molecule has 0 aromatic heterocycles. The molecule has 0 amide bonds. The van der Waals surface area contributed by atoms with Crippen LogP contribution in [0, 0.1) is 0 Å². The second-order valence-corrected chi connectivity index (χ2v) is 4.99. The topological polar surface area (TPSA) is 6.48 Å². The summed E-state index contributed by atoms with van der Waals surface area (Å²) in [6.45, 7) is 4.44. The van der Waals surface area contributed by atoms with Gasteiger partial charge in [-0.05, 0) is 19.6 Å². The molecule has 0 heterocycles. The van der Waals surface area contributed by atoms with E-state index in [1.807, 2.05) is 0 Å². The van der Waals surface area contributed by atoms with Crippen molar-refractivity contribution in [1.29, 1.82) is 0 Å². The highest BCUT2D eigenvalue weighted by Gasteiger charge is 2.11. The van der Waals surface area contributed by atoms with Gasteiger partial charge in [0, 0.05) is 31.1 Å². The van der Waals surface area contributed by atoms with E-state index in [-0.39, 0.29) is 0 Å². The van der Waals surface area contributed by atoms with E-state index in [2.05, 4.69) is 43.6 Å². The van der Waals surface area contributed by atoms with Crippen LogP contribution in [0.25, 0.3) is 0 Å². The van der Waals surface area contributed by atoms with Crippen molar-refractivity contribution in [3.05, 3.63) is 0 Å². The van der Waals surface area contributed by atoms with Crippen LogP contribution in [0.2, 0.25) is 0 Å². The lowest BCUT2D eigenvalue weighted by atomic mass is 10.3. The summed E-state index contributed by atoms with van der Waals surface area (Å²) in [4.78, 5) is 0. The highest BCUT2D eigenvalue weighted by molar-refractivity contribution is 8.75. The summed E-state index contributed by atoms with van der Waals surface area (Å²) in [5.41, 5.74) is 0. The van der Waals surface area contributed by atoms with Gasteiger partial charge in [0.2, 0.25) is 0 Å². The van der Waals surface area contributed by atoms with E-state index in [0.717, 1.165) is 0 Å². The van der Waals surface area contributed by atoms with Crippen molar-refractivity contribution in [2.24, 2.45) is 0 Å². The lowest BCUT2D eigenvalue weighted by Gasteiger charge is -2.30. The first-order valence-electron chi connectivity index (χ1n) is 3.80. The second kappa shape index (κ2) is 6.17. The molecule has 0 spiro atoms. The summed E-state index contributed by atoms with van der Waals surface area (Å²) in [6.07, 6.45) is 3.28. The van der Waals surface area contributed by atoms with Gasteiger partial charge in [-0.2, -0.15) is 4.41 Å². The molecule has 0 saturated heterocycles. The Balaban J connectivity index is 3.70. The molecule has 0 aliphatic carbocycles. The largest absolute Gasteiger partial charge is 0.232 e. The predicted octanol–water partition coefficient (Wildman–Crippen LogP) is 2.49. The third kappa shape index (κ3) is 4.25. The fraction of sp³-hybridized carbons (Fsp3) is 1.00. The van der Waals surface area contributed by atoms with Crippen molar-refractivity contribution < 1.29 is 0 Å². The van der Waals surface area contributed by atoms with E-state index in [9.17, 15) is 0 Å². The van der Waals surface area contributed by atoms with Gasteiger partial charge in [-0.1, -0.05) is 17.7 Å². The van der Waals surface area contributed by atoms with Crippen LogP contribution in [0.4, 0.5) is 0 Å². The zero-order valence-electron chi connectivity index (χ0n) is 8.00. The summed E-state index contributed by atoms with van der Waals surface area (Å²) in [7, 11) is 7.74. The Labute approximate surface area is 78.2 Å². The molecule has 4 heteroatoms. The first-order chi connectivity index (χ1) is 5.13. The van der Waals surface area contributed by atoms with Gasteiger partial charge in [-0.3, -0.25) is 0 Å². The van der Waals surface area contributed by atoms with Crippen LogP contribution < -0.4 is 0 Å². The minimum Gasteiger partial charge on any atom is -0.232 e. The Morgan fingerprint density at radius 1 is 1.36 bits per heavy atom. The Morgan fingerprint density at radius 3 is 2.27 bits per heavy atom. The molecule has 0 fully saturated rings. The van der Waals surface area contributed by atoms with Crippen molar-refractivity contribution in [3.8, 4) is 0 Å². The molecule has 0 bridgehead atoms. The first kappa shape index (κ1) is 11.6. The average Bonchev–Trinajstić information content (AvgIpc) is 2.02. The third-order valence-electron chi connectivity index (χ3n) is 1.86. The van der Waals surface area contributed by atoms with E-state index in [1.165, 1.54) is 6.42 Å². The van der Waals surface area contributed by atoms with Crippen LogP contribution in [0.1, 0.15) is 20.3 Å². The summed E-state index contributed by atoms with van der Waals surface area (Å²) in [5.74, 6) is 0. The van der Waals surface area contributed by atoms with Gasteiger partial charge < -0.3 is 0 Å². The van der Waals surface area contributed by atoms with Crippen LogP contribution in [-0.2, 0) is 0 Å². The van der Waals surface area contributed by atoms with Gasteiger partial charge in [-0.15, -0.1) is 0 Å². The van der Waals surface area contributed by atoms with Gasteiger partial charge >= 0.3 is 0 Å². The van der Waals surface area contributed by atoms with Gasteiger partial charge in [0.25, 0.3) is 0 Å². The van der Waals surface area contributed by atoms with E-state index in [1.54, 1.807) is 21.8 Å². The van der Waals surface area contributed by atoms with E-state index in [0.29, 0.717) is 6.04 Å². The molecule has 68 valence electrons. The van der Waals surface area contributed by atoms with E-state index in [4.69, 9.17) is 0 Å². The first-order valence-corrected chi connectivity index (χ1v) is 6.32. The molecule has 1 unspecified atom stereocenters. The maximum absolute atomic E-state index is 2.25. The molecular weight excluding hydrogens is 176 g/mol. The van der Waals surface area contributed by atoms with Crippen LogP contribution in [0.15, 0.2) is 0 Å². The molecule has 0 aliphatic heterocycles. The van der Waals surface area contributed by atoms with Crippen molar-refractivity contribution in [2.75, 3.05) is 20.4 Å². The molecule has 0 rings (SSSR count). The van der Waals surface area contributed by atoms with E-state index >= 15 is 0 Å². The van der Waals surface area contributed by atoms with Crippen molar-refractivity contribution in [1.82, 2.24) is 9.42 Å². The summed E-state index contributed by atoms with van der Waals surface area (Å²) >= 11 is 0. The lowest BCUT2D eigenvalue weighted by molar-refractivity contribution is 0.0852. The fourth-order valence-electron chi connectivity index (χ4n) is 0.702. The minimum atomic E-state index is 0.625. The Bertz CT molecular complexity index is 100. The molecule has 1 atom stereocenters. The highest BCUT2D eigenvalue weighted by atomic mass is 33.1. The maximum atomic E-state index is 2.25. The fourth-order valence-corrected chi connectivity index (χ4v) is 2.15. The Kier molecular flexibility index (Phi) is 6.52. The normalized spacial score (nSPS) is 14.5. The molecule has 2 nitrogen and oxygen atoms in total. The van der Waals surface area contributed by atoms with Crippen molar-refractivity contribution in [2.45, 2.75) is 26.3 Å². The zero-order valence-corrected chi connectivity index (χ0v) is 9.63. The van der Waals surface area contributed by atoms with Gasteiger partial charge in [-0.25, -0.2) is 5.01 Å². The summed E-state index contributed by atoms with van der Waals surface area (Å²) in [6, 6.07) is 0.625. The molecular formula is C7H18N2S2. The Hall–Kier alpha value is 0.620. The third-order valence-corrected chi connectivity index (χ3v) is 3.57. The molecule has 0 aromatic carbocycles. The highest BCUT2D eigenvalue weighted by Crippen LogP contribution is 2.23. The van der Waals surface area contributed by atoms with Crippen LogP contribution in [-0.4, -0.2) is 35.8 Å². The van der Waals surface area contributed by atoms with E-state index < -0.39 is 0 Å². The van der Waals surface area contributed by atoms with Gasteiger partial charge in [0.1, 0.15) is 0 Å². The number of hydrazine groups is 1. The number of nitrogens with zero attached hydrogens (tertiary/aromatic N) is 2. The van der Waals surface area contributed by atoms with Gasteiger partial charge in [0.15, 0.2) is 0 Å². The zero-order chi connectivity index (χ0) is 8.85. The summed E-state index contributed by atoms with van der Waals surface area (Å²) < 4.78 is 2.17. The number of hydrogen-bond acceptors (Lipinski definition) is 4. The van der Waals surface area contributed by atoms with Crippen LogP contribution in [0.5, 0.6) is 0 Å². The monoisotopic (exact) mass is 194 g/mol. The molecule has 0 radical (unpaired) electrons. The minimum absolute atomic E-state index is 0.625. The molecule has 0 aliphatic rings. The molecule has 11 heavy (non-hydrogen) atoms. The maximum Gasteiger partial charge on any atom is 0.0221 e. The van der Waals surface area contributed by atoms with Crippen LogP contribution in [0.3, 0.4) is 0 Å². The second-order valence-electron chi connectivity index (χ2n) is 2.54. The summed E-state index contributed by atoms with van der Waals surface area (Å²) in [5, 5.41) is 2.25. The quantitative estimate of drug-likeness (QED) is 0.377. The number of rotatable bonds is 5. The smallest absolute Gasteiger partial charge is 0.0221 e. The average molecular weight is 194 g/mol. The van der Waals surface area contributed by atoms with Gasteiger partial charge in [0.05, 0.1) is 0 Å². The molecule has 0 aromatic rings. The predicted molar refractivity (Wildman–Crippen MR) is 56.4 cm³/mol. The van der Waals surface area contributed by atoms with Crippen molar-refractivity contribution >= 4 is 21.8 Å². The van der Waals surface area contributed by atoms with Crippen molar-refractivity contribution in [3.63, 3.8) is 0 Å². The standard InChI is InChI=1S/C7H18N2S2/c1-6-7(2)8(3)9(4)11-10-5/h7H,6H2,1-5H3. The number of hydrogen-bond donors (Lipinski definition) is 0.